The molecule has 0 aliphatic carbocycles. The molecule has 0 aromatic carbocycles. The Kier molecular flexibility index (Phi) is 2.87. The number of nitrogens with zero attached hydrogens (tertiary/aromatic N) is 2. The van der Waals surface area contributed by atoms with Crippen molar-refractivity contribution in [1.82, 2.24) is 9.97 Å². The Morgan fingerprint density at radius 1 is 1.50 bits per heavy atom. The van der Waals surface area contributed by atoms with Gasteiger partial charge in [0.25, 0.3) is 0 Å². The summed E-state index contributed by atoms with van der Waals surface area (Å²) in [5.41, 5.74) is 2.59. The third kappa shape index (κ3) is 1.82. The van der Waals surface area contributed by atoms with Gasteiger partial charge in [-0.25, -0.2) is 4.98 Å². The SMILES string of the molecule is OCc1csc(-c2cccnc2P)n1. The summed E-state index contributed by atoms with van der Waals surface area (Å²) in [6.07, 6.45) is 1.74. The van der Waals surface area contributed by atoms with Crippen LogP contribution in [0.25, 0.3) is 10.6 Å². The second kappa shape index (κ2) is 4.13. The normalized spacial score (nSPS) is 10.4. The van der Waals surface area contributed by atoms with E-state index < -0.39 is 0 Å². The lowest BCUT2D eigenvalue weighted by atomic mass is 10.3. The van der Waals surface area contributed by atoms with Gasteiger partial charge in [-0.1, -0.05) is 9.24 Å². The lowest BCUT2D eigenvalue weighted by molar-refractivity contribution is 0.278. The summed E-state index contributed by atoms with van der Waals surface area (Å²) in [7, 11) is 2.58. The largest absolute Gasteiger partial charge is 0.390 e. The van der Waals surface area contributed by atoms with Gasteiger partial charge in [0.1, 0.15) is 5.01 Å². The molecule has 0 spiro atoms. The molecule has 2 aromatic heterocycles. The molecule has 72 valence electrons. The Labute approximate surface area is 88.1 Å². The molecule has 14 heavy (non-hydrogen) atoms. The fourth-order valence-corrected chi connectivity index (χ4v) is 2.37. The number of aromatic nitrogens is 2. The highest BCUT2D eigenvalue weighted by atomic mass is 32.1. The summed E-state index contributed by atoms with van der Waals surface area (Å²) in [6, 6.07) is 3.85. The highest BCUT2D eigenvalue weighted by Crippen LogP contribution is 2.22. The van der Waals surface area contributed by atoms with E-state index in [-0.39, 0.29) is 6.61 Å². The number of aliphatic hydroxyl groups excluding tert-OH is 1. The van der Waals surface area contributed by atoms with Crippen LogP contribution in [0, 0.1) is 0 Å². The van der Waals surface area contributed by atoms with Crippen LogP contribution < -0.4 is 5.44 Å². The van der Waals surface area contributed by atoms with E-state index in [9.17, 15) is 0 Å². The van der Waals surface area contributed by atoms with E-state index in [0.29, 0.717) is 5.69 Å². The standard InChI is InChI=1S/C9H9N2OPS/c12-4-6-5-14-9(11-6)7-2-1-3-10-8(7)13/h1-3,5,12H,4,13H2. The van der Waals surface area contributed by atoms with Crippen LogP contribution in [0.5, 0.6) is 0 Å². The van der Waals surface area contributed by atoms with Crippen LogP contribution >= 0.6 is 20.6 Å². The van der Waals surface area contributed by atoms with Gasteiger partial charge in [-0.05, 0) is 12.1 Å². The molecule has 0 bridgehead atoms. The second-order valence-corrected chi connectivity index (χ2v) is 4.14. The fourth-order valence-electron chi connectivity index (χ4n) is 1.10. The Bertz CT molecular complexity index is 444. The van der Waals surface area contributed by atoms with Crippen molar-refractivity contribution in [2.24, 2.45) is 0 Å². The summed E-state index contributed by atoms with van der Waals surface area (Å²) in [4.78, 5) is 8.43. The van der Waals surface area contributed by atoms with Gasteiger partial charge in [-0.15, -0.1) is 11.3 Å². The number of hydrogen-bond donors (Lipinski definition) is 1. The van der Waals surface area contributed by atoms with Gasteiger partial charge >= 0.3 is 0 Å². The maximum absolute atomic E-state index is 8.89. The van der Waals surface area contributed by atoms with Crippen LogP contribution in [-0.4, -0.2) is 15.1 Å². The zero-order valence-corrected chi connectivity index (χ0v) is 9.31. The molecule has 0 saturated heterocycles. The Morgan fingerprint density at radius 2 is 2.36 bits per heavy atom. The van der Waals surface area contributed by atoms with Crippen molar-refractivity contribution in [3.63, 3.8) is 0 Å². The lowest BCUT2D eigenvalue weighted by Crippen LogP contribution is -2.00. The third-order valence-corrected chi connectivity index (χ3v) is 3.17. The van der Waals surface area contributed by atoms with Gasteiger partial charge in [-0.3, -0.25) is 4.98 Å². The Hall–Kier alpha value is -0.830. The van der Waals surface area contributed by atoms with Gasteiger partial charge in [0, 0.05) is 17.1 Å². The van der Waals surface area contributed by atoms with Crippen LogP contribution in [0.4, 0.5) is 0 Å². The van der Waals surface area contributed by atoms with Crippen molar-refractivity contribution in [1.29, 1.82) is 0 Å². The van der Waals surface area contributed by atoms with Gasteiger partial charge in [-0.2, -0.15) is 0 Å². The monoisotopic (exact) mass is 224 g/mol. The average molecular weight is 224 g/mol. The molecule has 3 nitrogen and oxygen atoms in total. The zero-order valence-electron chi connectivity index (χ0n) is 7.34. The molecular formula is C9H9N2OPS. The minimum Gasteiger partial charge on any atom is -0.390 e. The maximum Gasteiger partial charge on any atom is 0.125 e. The first kappa shape index (κ1) is 9.71. The van der Waals surface area contributed by atoms with Gasteiger partial charge in [0.2, 0.25) is 0 Å². The molecule has 2 aromatic rings. The number of aliphatic hydroxyl groups is 1. The first-order valence-corrected chi connectivity index (χ1v) is 5.53. The summed E-state index contributed by atoms with van der Waals surface area (Å²) in [5, 5.41) is 11.6. The minimum absolute atomic E-state index is 0.0110. The van der Waals surface area contributed by atoms with Crippen LogP contribution in [0.3, 0.4) is 0 Å². The number of hydrogen-bond acceptors (Lipinski definition) is 4. The molecule has 0 radical (unpaired) electrons. The number of rotatable bonds is 2. The van der Waals surface area contributed by atoms with E-state index in [1.165, 1.54) is 11.3 Å². The summed E-state index contributed by atoms with van der Waals surface area (Å²) < 4.78 is 0. The summed E-state index contributed by atoms with van der Waals surface area (Å²) in [5.74, 6) is 0. The first-order chi connectivity index (χ1) is 6.81. The number of thiazole rings is 1. The van der Waals surface area contributed by atoms with E-state index in [0.717, 1.165) is 16.0 Å². The molecular weight excluding hydrogens is 215 g/mol. The second-order valence-electron chi connectivity index (χ2n) is 2.74. The molecule has 1 atom stereocenters. The van der Waals surface area contributed by atoms with E-state index in [1.54, 1.807) is 6.20 Å². The van der Waals surface area contributed by atoms with Crippen molar-refractivity contribution in [2.75, 3.05) is 0 Å². The minimum atomic E-state index is -0.0110. The molecule has 0 fully saturated rings. The van der Waals surface area contributed by atoms with Crippen LogP contribution in [0.15, 0.2) is 23.7 Å². The molecule has 0 saturated carbocycles. The lowest BCUT2D eigenvalue weighted by Gasteiger charge is -1.98. The molecule has 0 amide bonds. The molecule has 5 heteroatoms. The third-order valence-electron chi connectivity index (χ3n) is 1.78. The van der Waals surface area contributed by atoms with Gasteiger partial charge < -0.3 is 5.11 Å². The predicted octanol–water partition coefficient (Wildman–Crippen LogP) is 1.20. The highest BCUT2D eigenvalue weighted by molar-refractivity contribution is 7.27. The van der Waals surface area contributed by atoms with E-state index in [1.807, 2.05) is 17.5 Å². The quantitative estimate of drug-likeness (QED) is 0.779. The average Bonchev–Trinajstić information content (AvgIpc) is 2.67. The van der Waals surface area contributed by atoms with E-state index >= 15 is 0 Å². The molecule has 1 unspecified atom stereocenters. The smallest absolute Gasteiger partial charge is 0.125 e. The topological polar surface area (TPSA) is 46.0 Å². The van der Waals surface area contributed by atoms with Crippen molar-refractivity contribution in [3.05, 3.63) is 29.4 Å². The Balaban J connectivity index is 2.44. The van der Waals surface area contributed by atoms with E-state index in [4.69, 9.17) is 5.11 Å². The molecule has 0 aliphatic rings. The molecule has 0 aliphatic heterocycles. The summed E-state index contributed by atoms with van der Waals surface area (Å²) in [6.45, 7) is -0.0110. The predicted molar refractivity (Wildman–Crippen MR) is 60.6 cm³/mol. The fraction of sp³-hybridized carbons (Fsp3) is 0.111. The van der Waals surface area contributed by atoms with Crippen molar-refractivity contribution in [2.45, 2.75) is 6.61 Å². The zero-order chi connectivity index (χ0) is 9.97. The van der Waals surface area contributed by atoms with Crippen molar-refractivity contribution in [3.8, 4) is 10.6 Å². The van der Waals surface area contributed by atoms with Crippen molar-refractivity contribution >= 4 is 26.0 Å². The first-order valence-electron chi connectivity index (χ1n) is 4.07. The summed E-state index contributed by atoms with van der Waals surface area (Å²) >= 11 is 1.52. The van der Waals surface area contributed by atoms with Gasteiger partial charge in [0.05, 0.1) is 17.7 Å². The van der Waals surface area contributed by atoms with E-state index in [2.05, 4.69) is 19.2 Å². The van der Waals surface area contributed by atoms with Crippen LogP contribution in [-0.2, 0) is 6.61 Å². The molecule has 2 heterocycles. The van der Waals surface area contributed by atoms with Crippen LogP contribution in [0.2, 0.25) is 0 Å². The van der Waals surface area contributed by atoms with Gasteiger partial charge in [0.15, 0.2) is 0 Å². The van der Waals surface area contributed by atoms with Crippen molar-refractivity contribution < 1.29 is 5.11 Å². The Morgan fingerprint density at radius 3 is 3.00 bits per heavy atom. The molecule has 1 N–H and O–H groups in total. The maximum atomic E-state index is 8.89. The highest BCUT2D eigenvalue weighted by Gasteiger charge is 2.06. The molecule has 2 rings (SSSR count). The number of pyridine rings is 1. The van der Waals surface area contributed by atoms with Crippen LogP contribution in [0.1, 0.15) is 5.69 Å².